The van der Waals surface area contributed by atoms with Crippen LogP contribution in [0.15, 0.2) is 22.8 Å². The third-order valence-electron chi connectivity index (χ3n) is 3.42. The standard InChI is InChI=1S/C13H16Br2N2O/c14-9-13(6-2-1-3-7-13)17-12(18)11-10(15)5-4-8-16-11/h4-5,8H,1-3,6-7,9H2,(H,17,18). The van der Waals surface area contributed by atoms with Crippen LogP contribution in [0.5, 0.6) is 0 Å². The summed E-state index contributed by atoms with van der Waals surface area (Å²) in [4.78, 5) is 16.4. The van der Waals surface area contributed by atoms with Crippen LogP contribution in [0.2, 0.25) is 0 Å². The van der Waals surface area contributed by atoms with Gasteiger partial charge in [-0.15, -0.1) is 0 Å². The van der Waals surface area contributed by atoms with Crippen molar-refractivity contribution in [2.24, 2.45) is 0 Å². The minimum atomic E-state index is -0.105. The molecule has 1 aromatic heterocycles. The smallest absolute Gasteiger partial charge is 0.271 e. The molecule has 1 heterocycles. The van der Waals surface area contributed by atoms with E-state index in [1.54, 1.807) is 6.20 Å². The van der Waals surface area contributed by atoms with Crippen molar-refractivity contribution in [3.8, 4) is 0 Å². The van der Waals surface area contributed by atoms with Gasteiger partial charge in [-0.2, -0.15) is 0 Å². The topological polar surface area (TPSA) is 42.0 Å². The lowest BCUT2D eigenvalue weighted by Crippen LogP contribution is -2.51. The number of aromatic nitrogens is 1. The van der Waals surface area contributed by atoms with Gasteiger partial charge in [0, 0.05) is 16.0 Å². The van der Waals surface area contributed by atoms with Gasteiger partial charge in [-0.05, 0) is 40.9 Å². The average molecular weight is 376 g/mol. The van der Waals surface area contributed by atoms with Crippen molar-refractivity contribution in [3.05, 3.63) is 28.5 Å². The van der Waals surface area contributed by atoms with Crippen molar-refractivity contribution < 1.29 is 4.79 Å². The molecule has 0 aromatic carbocycles. The largest absolute Gasteiger partial charge is 0.344 e. The number of hydrogen-bond acceptors (Lipinski definition) is 2. The summed E-state index contributed by atoms with van der Waals surface area (Å²) >= 11 is 6.91. The summed E-state index contributed by atoms with van der Waals surface area (Å²) in [6.07, 6.45) is 7.33. The fourth-order valence-corrected chi connectivity index (χ4v) is 3.51. The van der Waals surface area contributed by atoms with E-state index < -0.39 is 0 Å². The van der Waals surface area contributed by atoms with Crippen LogP contribution >= 0.6 is 31.9 Å². The number of alkyl halides is 1. The molecule has 0 bridgehead atoms. The van der Waals surface area contributed by atoms with Crippen LogP contribution in [0.1, 0.15) is 42.6 Å². The number of rotatable bonds is 3. The van der Waals surface area contributed by atoms with E-state index >= 15 is 0 Å². The van der Waals surface area contributed by atoms with Gasteiger partial charge >= 0.3 is 0 Å². The Kier molecular flexibility index (Phi) is 4.78. The molecule has 0 radical (unpaired) electrons. The van der Waals surface area contributed by atoms with Gasteiger partial charge in [0.05, 0.1) is 5.54 Å². The second-order valence-electron chi connectivity index (χ2n) is 4.76. The van der Waals surface area contributed by atoms with Crippen LogP contribution in [0.25, 0.3) is 0 Å². The highest BCUT2D eigenvalue weighted by molar-refractivity contribution is 9.10. The lowest BCUT2D eigenvalue weighted by Gasteiger charge is -2.36. The Hall–Kier alpha value is -0.420. The number of hydrogen-bond donors (Lipinski definition) is 1. The van der Waals surface area contributed by atoms with Crippen molar-refractivity contribution in [2.75, 3.05) is 5.33 Å². The average Bonchev–Trinajstić information content (AvgIpc) is 2.40. The first-order chi connectivity index (χ1) is 8.67. The van der Waals surface area contributed by atoms with E-state index in [9.17, 15) is 4.79 Å². The van der Waals surface area contributed by atoms with E-state index in [-0.39, 0.29) is 11.4 Å². The molecular formula is C13H16Br2N2O. The Balaban J connectivity index is 2.13. The van der Waals surface area contributed by atoms with E-state index in [1.807, 2.05) is 12.1 Å². The molecule has 1 aromatic rings. The molecule has 98 valence electrons. The Morgan fingerprint density at radius 1 is 1.39 bits per heavy atom. The maximum absolute atomic E-state index is 12.3. The highest BCUT2D eigenvalue weighted by Crippen LogP contribution is 2.30. The van der Waals surface area contributed by atoms with Crippen LogP contribution in [0.3, 0.4) is 0 Å². The summed E-state index contributed by atoms with van der Waals surface area (Å²) in [5, 5.41) is 3.96. The maximum atomic E-state index is 12.3. The minimum absolute atomic E-state index is 0.0937. The Labute approximate surface area is 124 Å². The number of nitrogens with zero attached hydrogens (tertiary/aromatic N) is 1. The molecule has 1 saturated carbocycles. The normalized spacial score (nSPS) is 18.3. The van der Waals surface area contributed by atoms with Gasteiger partial charge in [-0.1, -0.05) is 35.2 Å². The molecule has 18 heavy (non-hydrogen) atoms. The predicted octanol–water partition coefficient (Wildman–Crippen LogP) is 3.67. The molecule has 0 atom stereocenters. The molecule has 5 heteroatoms. The van der Waals surface area contributed by atoms with E-state index in [2.05, 4.69) is 42.2 Å². The van der Waals surface area contributed by atoms with Gasteiger partial charge in [0.1, 0.15) is 5.69 Å². The van der Waals surface area contributed by atoms with E-state index in [0.29, 0.717) is 5.69 Å². The summed E-state index contributed by atoms with van der Waals surface area (Å²) in [7, 11) is 0. The van der Waals surface area contributed by atoms with Crippen molar-refractivity contribution in [3.63, 3.8) is 0 Å². The van der Waals surface area contributed by atoms with Crippen LogP contribution in [-0.2, 0) is 0 Å². The first-order valence-electron chi connectivity index (χ1n) is 6.16. The van der Waals surface area contributed by atoms with Crippen molar-refractivity contribution in [1.29, 1.82) is 0 Å². The molecule has 1 aliphatic rings. The third kappa shape index (κ3) is 3.12. The molecule has 0 saturated heterocycles. The first kappa shape index (κ1) is 14.0. The SMILES string of the molecule is O=C(NC1(CBr)CCCCC1)c1ncccc1Br. The zero-order chi connectivity index (χ0) is 13.0. The molecule has 0 aliphatic heterocycles. The van der Waals surface area contributed by atoms with Crippen LogP contribution < -0.4 is 5.32 Å². The third-order valence-corrected chi connectivity index (χ3v) is 5.13. The van der Waals surface area contributed by atoms with Crippen LogP contribution in [0, 0.1) is 0 Å². The number of carbonyl (C=O) groups excluding carboxylic acids is 1. The van der Waals surface area contributed by atoms with Gasteiger partial charge in [0.2, 0.25) is 0 Å². The Morgan fingerprint density at radius 2 is 2.11 bits per heavy atom. The van der Waals surface area contributed by atoms with Crippen LogP contribution in [-0.4, -0.2) is 21.8 Å². The highest BCUT2D eigenvalue weighted by Gasteiger charge is 2.33. The van der Waals surface area contributed by atoms with Gasteiger partial charge in [-0.25, -0.2) is 4.98 Å². The first-order valence-corrected chi connectivity index (χ1v) is 8.07. The molecule has 2 rings (SSSR count). The second-order valence-corrected chi connectivity index (χ2v) is 6.18. The zero-order valence-corrected chi connectivity index (χ0v) is 13.3. The summed E-state index contributed by atoms with van der Waals surface area (Å²) in [5.74, 6) is -0.0937. The molecule has 0 unspecified atom stereocenters. The highest BCUT2D eigenvalue weighted by atomic mass is 79.9. The Morgan fingerprint density at radius 3 is 2.72 bits per heavy atom. The summed E-state index contributed by atoms with van der Waals surface area (Å²) in [6, 6.07) is 3.64. The minimum Gasteiger partial charge on any atom is -0.344 e. The molecule has 1 aliphatic carbocycles. The Bertz CT molecular complexity index is 431. The van der Waals surface area contributed by atoms with Gasteiger partial charge in [0.25, 0.3) is 5.91 Å². The monoisotopic (exact) mass is 374 g/mol. The van der Waals surface area contributed by atoms with Gasteiger partial charge < -0.3 is 5.32 Å². The maximum Gasteiger partial charge on any atom is 0.271 e. The fourth-order valence-electron chi connectivity index (χ4n) is 2.37. The molecule has 1 N–H and O–H groups in total. The number of nitrogens with one attached hydrogen (secondary N) is 1. The van der Waals surface area contributed by atoms with Gasteiger partial charge in [-0.3, -0.25) is 4.79 Å². The van der Waals surface area contributed by atoms with Gasteiger partial charge in [0.15, 0.2) is 0 Å². The summed E-state index contributed by atoms with van der Waals surface area (Å²) in [6.45, 7) is 0. The number of halogens is 2. The zero-order valence-electron chi connectivity index (χ0n) is 10.1. The molecule has 3 nitrogen and oxygen atoms in total. The number of pyridine rings is 1. The van der Waals surface area contributed by atoms with E-state index in [0.717, 1.165) is 22.6 Å². The van der Waals surface area contributed by atoms with Crippen molar-refractivity contribution >= 4 is 37.8 Å². The molecule has 1 amide bonds. The van der Waals surface area contributed by atoms with Crippen LogP contribution in [0.4, 0.5) is 0 Å². The lowest BCUT2D eigenvalue weighted by molar-refractivity contribution is 0.0880. The molecular weight excluding hydrogens is 360 g/mol. The van der Waals surface area contributed by atoms with E-state index in [4.69, 9.17) is 0 Å². The van der Waals surface area contributed by atoms with E-state index in [1.165, 1.54) is 19.3 Å². The summed E-state index contributed by atoms with van der Waals surface area (Å²) in [5.41, 5.74) is 0.357. The predicted molar refractivity (Wildman–Crippen MR) is 79.0 cm³/mol. The number of carbonyl (C=O) groups is 1. The summed E-state index contributed by atoms with van der Waals surface area (Å²) < 4.78 is 0.739. The molecule has 0 spiro atoms. The molecule has 1 fully saturated rings. The number of amides is 1. The quantitative estimate of drug-likeness (QED) is 0.819. The fraction of sp³-hybridized carbons (Fsp3) is 0.538. The lowest BCUT2D eigenvalue weighted by atomic mass is 9.83. The second kappa shape index (κ2) is 6.15. The van der Waals surface area contributed by atoms with Crippen molar-refractivity contribution in [1.82, 2.24) is 10.3 Å². The van der Waals surface area contributed by atoms with Crippen molar-refractivity contribution in [2.45, 2.75) is 37.6 Å².